The van der Waals surface area contributed by atoms with Crippen molar-refractivity contribution in [2.24, 2.45) is 0 Å². The predicted molar refractivity (Wildman–Crippen MR) is 73.6 cm³/mol. The Morgan fingerprint density at radius 3 is 2.60 bits per heavy atom. The molecule has 0 spiro atoms. The first-order chi connectivity index (χ1) is 9.18. The summed E-state index contributed by atoms with van der Waals surface area (Å²) in [6.45, 7) is 7.56. The van der Waals surface area contributed by atoms with Crippen molar-refractivity contribution in [3.63, 3.8) is 0 Å². The lowest BCUT2D eigenvalue weighted by atomic mass is 9.85. The van der Waals surface area contributed by atoms with Gasteiger partial charge in [-0.15, -0.1) is 0 Å². The summed E-state index contributed by atoms with van der Waals surface area (Å²) in [5.41, 5.74) is -1.95. The van der Waals surface area contributed by atoms with Crippen LogP contribution in [0, 0.1) is 0 Å². The molecule has 1 amide bonds. The van der Waals surface area contributed by atoms with E-state index in [4.69, 9.17) is 9.47 Å². The molecular formula is C14H25NO5. The second-order valence-corrected chi connectivity index (χ2v) is 6.25. The van der Waals surface area contributed by atoms with E-state index < -0.39 is 23.2 Å². The summed E-state index contributed by atoms with van der Waals surface area (Å²) in [5, 5.41) is 12.0. The Kier molecular flexibility index (Phi) is 5.39. The Hall–Kier alpha value is -1.30. The van der Waals surface area contributed by atoms with E-state index in [2.05, 4.69) is 5.32 Å². The van der Waals surface area contributed by atoms with E-state index in [1.165, 1.54) is 0 Å². The van der Waals surface area contributed by atoms with Crippen LogP contribution in [0.4, 0.5) is 4.79 Å². The molecular weight excluding hydrogens is 262 g/mol. The van der Waals surface area contributed by atoms with Gasteiger partial charge >= 0.3 is 12.1 Å². The number of carbonyl (C=O) groups is 2. The fourth-order valence-corrected chi connectivity index (χ4v) is 2.32. The molecule has 0 aromatic rings. The van der Waals surface area contributed by atoms with Crippen molar-refractivity contribution >= 4 is 12.1 Å². The highest BCUT2D eigenvalue weighted by atomic mass is 16.6. The molecule has 1 heterocycles. The average Bonchev–Trinajstić information content (AvgIpc) is 2.26. The zero-order chi connectivity index (χ0) is 15.4. The van der Waals surface area contributed by atoms with Gasteiger partial charge in [-0.25, -0.2) is 9.59 Å². The Bertz CT molecular complexity index is 361. The molecule has 1 fully saturated rings. The van der Waals surface area contributed by atoms with Crippen LogP contribution in [0.25, 0.3) is 0 Å². The maximum atomic E-state index is 11.9. The van der Waals surface area contributed by atoms with Gasteiger partial charge in [0.25, 0.3) is 0 Å². The number of nitrogens with one attached hydrogen (secondary N) is 1. The van der Waals surface area contributed by atoms with E-state index in [0.717, 1.165) is 12.8 Å². The van der Waals surface area contributed by atoms with Crippen molar-refractivity contribution in [1.82, 2.24) is 5.32 Å². The number of hydrogen-bond acceptors (Lipinski definition) is 4. The molecule has 0 saturated carbocycles. The molecule has 6 nitrogen and oxygen atoms in total. The number of hydrogen-bond donors (Lipinski definition) is 2. The SMILES string of the molecule is CCCC1CC(NC(=O)OC(C)(C)C)(C(=O)O)CCO1. The number of ether oxygens (including phenoxy) is 2. The minimum atomic E-state index is -1.29. The summed E-state index contributed by atoms with van der Waals surface area (Å²) in [6, 6.07) is 0. The number of alkyl carbamates (subject to hydrolysis) is 1. The van der Waals surface area contributed by atoms with Gasteiger partial charge in [0.05, 0.1) is 6.10 Å². The van der Waals surface area contributed by atoms with E-state index in [0.29, 0.717) is 6.61 Å². The van der Waals surface area contributed by atoms with Gasteiger partial charge in [0.1, 0.15) is 11.1 Å². The van der Waals surface area contributed by atoms with Gasteiger partial charge in [0.2, 0.25) is 0 Å². The smallest absolute Gasteiger partial charge is 0.408 e. The fraction of sp³-hybridized carbons (Fsp3) is 0.857. The molecule has 2 atom stereocenters. The molecule has 2 unspecified atom stereocenters. The van der Waals surface area contributed by atoms with Gasteiger partial charge in [0.15, 0.2) is 0 Å². The lowest BCUT2D eigenvalue weighted by Gasteiger charge is -2.38. The molecule has 0 bridgehead atoms. The standard InChI is InChI=1S/C14H25NO5/c1-5-6-10-9-14(11(16)17,7-8-19-10)15-12(18)20-13(2,3)4/h10H,5-9H2,1-4H3,(H,15,18)(H,16,17). The second kappa shape index (κ2) is 6.43. The van der Waals surface area contributed by atoms with E-state index in [-0.39, 0.29) is 18.9 Å². The van der Waals surface area contributed by atoms with Crippen molar-refractivity contribution in [3.8, 4) is 0 Å². The van der Waals surface area contributed by atoms with Crippen molar-refractivity contribution in [2.75, 3.05) is 6.61 Å². The molecule has 0 radical (unpaired) electrons. The third kappa shape index (κ3) is 4.67. The normalized spacial score (nSPS) is 26.9. The fourth-order valence-electron chi connectivity index (χ4n) is 2.32. The van der Waals surface area contributed by atoms with Gasteiger partial charge in [-0.2, -0.15) is 0 Å². The number of aliphatic carboxylic acids is 1. The van der Waals surface area contributed by atoms with Crippen LogP contribution in [-0.2, 0) is 14.3 Å². The summed E-state index contributed by atoms with van der Waals surface area (Å²) in [7, 11) is 0. The number of amides is 1. The minimum absolute atomic E-state index is 0.139. The highest BCUT2D eigenvalue weighted by Crippen LogP contribution is 2.28. The molecule has 1 saturated heterocycles. The molecule has 2 N–H and O–H groups in total. The van der Waals surface area contributed by atoms with Crippen LogP contribution in [0.5, 0.6) is 0 Å². The first kappa shape index (κ1) is 16.8. The highest BCUT2D eigenvalue weighted by molar-refractivity contribution is 5.84. The summed E-state index contributed by atoms with van der Waals surface area (Å²) < 4.78 is 10.7. The lowest BCUT2D eigenvalue weighted by Crippen LogP contribution is -2.59. The lowest BCUT2D eigenvalue weighted by molar-refractivity contribution is -0.152. The molecule has 116 valence electrons. The maximum Gasteiger partial charge on any atom is 0.408 e. The predicted octanol–water partition coefficient (Wildman–Crippen LogP) is 2.31. The van der Waals surface area contributed by atoms with Crippen LogP contribution >= 0.6 is 0 Å². The largest absolute Gasteiger partial charge is 0.480 e. The van der Waals surface area contributed by atoms with Crippen molar-refractivity contribution < 1.29 is 24.2 Å². The van der Waals surface area contributed by atoms with Crippen LogP contribution in [0.3, 0.4) is 0 Å². The molecule has 0 aromatic carbocycles. The minimum Gasteiger partial charge on any atom is -0.480 e. The van der Waals surface area contributed by atoms with Crippen LogP contribution in [0.15, 0.2) is 0 Å². The van der Waals surface area contributed by atoms with Gasteiger partial charge in [-0.1, -0.05) is 13.3 Å². The summed E-state index contributed by atoms with van der Waals surface area (Å²) in [6.07, 6.45) is 1.38. The molecule has 6 heteroatoms. The third-order valence-electron chi connectivity index (χ3n) is 3.22. The molecule has 20 heavy (non-hydrogen) atoms. The highest BCUT2D eigenvalue weighted by Gasteiger charge is 2.45. The van der Waals surface area contributed by atoms with E-state index in [1.54, 1.807) is 20.8 Å². The van der Waals surface area contributed by atoms with E-state index >= 15 is 0 Å². The molecule has 1 aliphatic heterocycles. The molecule has 1 rings (SSSR count). The Morgan fingerprint density at radius 1 is 1.45 bits per heavy atom. The maximum absolute atomic E-state index is 11.9. The first-order valence-corrected chi connectivity index (χ1v) is 7.05. The Labute approximate surface area is 119 Å². The molecule has 0 aromatic heterocycles. The molecule has 0 aliphatic carbocycles. The quantitative estimate of drug-likeness (QED) is 0.828. The van der Waals surface area contributed by atoms with E-state index in [1.807, 2.05) is 6.92 Å². The van der Waals surface area contributed by atoms with Gasteiger partial charge in [-0.05, 0) is 27.2 Å². The van der Waals surface area contributed by atoms with Gasteiger partial charge in [-0.3, -0.25) is 0 Å². The third-order valence-corrected chi connectivity index (χ3v) is 3.22. The molecule has 1 aliphatic rings. The van der Waals surface area contributed by atoms with Crippen LogP contribution in [0.1, 0.15) is 53.4 Å². The van der Waals surface area contributed by atoms with Crippen LogP contribution in [-0.4, -0.2) is 41.0 Å². The summed E-state index contributed by atoms with van der Waals surface area (Å²) >= 11 is 0. The first-order valence-electron chi connectivity index (χ1n) is 7.05. The van der Waals surface area contributed by atoms with Crippen LogP contribution in [0.2, 0.25) is 0 Å². The Morgan fingerprint density at radius 2 is 2.10 bits per heavy atom. The Balaban J connectivity index is 2.77. The monoisotopic (exact) mass is 287 g/mol. The zero-order valence-electron chi connectivity index (χ0n) is 12.7. The van der Waals surface area contributed by atoms with Gasteiger partial charge < -0.3 is 19.9 Å². The number of carboxylic acid groups (broad SMARTS) is 1. The summed E-state index contributed by atoms with van der Waals surface area (Å²) in [4.78, 5) is 23.5. The van der Waals surface area contributed by atoms with Crippen LogP contribution < -0.4 is 5.32 Å². The summed E-state index contributed by atoms with van der Waals surface area (Å²) in [5.74, 6) is -1.03. The second-order valence-electron chi connectivity index (χ2n) is 6.25. The van der Waals surface area contributed by atoms with Crippen molar-refractivity contribution in [2.45, 2.75) is 70.6 Å². The number of carboxylic acids is 1. The zero-order valence-corrected chi connectivity index (χ0v) is 12.7. The van der Waals surface area contributed by atoms with E-state index in [9.17, 15) is 14.7 Å². The topological polar surface area (TPSA) is 84.9 Å². The number of carbonyl (C=O) groups excluding carboxylic acids is 1. The number of rotatable bonds is 4. The van der Waals surface area contributed by atoms with Crippen molar-refractivity contribution in [3.05, 3.63) is 0 Å². The van der Waals surface area contributed by atoms with Gasteiger partial charge in [0, 0.05) is 19.4 Å². The van der Waals surface area contributed by atoms with Crippen molar-refractivity contribution in [1.29, 1.82) is 0 Å². The average molecular weight is 287 g/mol.